The zero-order valence-electron chi connectivity index (χ0n) is 11.2. The number of carboxylic acids is 1. The number of amides is 1. The van der Waals surface area contributed by atoms with Crippen molar-refractivity contribution in [1.29, 1.82) is 0 Å². The molecule has 0 fully saturated rings. The monoisotopic (exact) mass is 613 g/mol. The van der Waals surface area contributed by atoms with Crippen LogP contribution in [0.1, 0.15) is 32.3 Å². The van der Waals surface area contributed by atoms with Gasteiger partial charge in [-0.25, -0.2) is 0 Å². The van der Waals surface area contributed by atoms with E-state index in [9.17, 15) is 14.7 Å². The summed E-state index contributed by atoms with van der Waals surface area (Å²) in [6, 6.07) is 1.93. The van der Waals surface area contributed by atoms with Crippen LogP contribution in [0.4, 0.5) is 5.69 Å². The fourth-order valence-corrected chi connectivity index (χ4v) is 6.79. The number of carbonyl (C=O) groups is 2. The van der Waals surface area contributed by atoms with E-state index in [1.165, 1.54) is 6.92 Å². The van der Waals surface area contributed by atoms with Crippen molar-refractivity contribution in [3.8, 4) is 0 Å². The minimum absolute atomic E-state index is 0.0431. The minimum Gasteiger partial charge on any atom is -0.481 e. The Labute approximate surface area is 159 Å². The lowest BCUT2D eigenvalue weighted by atomic mass is 10.0. The molecule has 7 heteroatoms. The predicted octanol–water partition coefficient (Wildman–Crippen LogP) is 4.06. The average molecular weight is 613 g/mol. The summed E-state index contributed by atoms with van der Waals surface area (Å²) in [6.07, 6.45) is 0. The molecule has 0 heterocycles. The Hall–Kier alpha value is 0.350. The van der Waals surface area contributed by atoms with Gasteiger partial charge in [0, 0.05) is 24.2 Å². The number of carbonyl (C=O) groups excluding carboxylic acids is 1. The Bertz CT molecular complexity index is 560. The lowest BCUT2D eigenvalue weighted by molar-refractivity contribution is -0.138. The van der Waals surface area contributed by atoms with Crippen molar-refractivity contribution in [3.05, 3.63) is 22.3 Å². The summed E-state index contributed by atoms with van der Waals surface area (Å²) in [6.45, 7) is 5.66. The molecule has 0 radical (unpaired) electrons. The molecular formula is C13H14I3NO3. The first-order valence-corrected chi connectivity index (χ1v) is 9.14. The van der Waals surface area contributed by atoms with Crippen LogP contribution in [0.25, 0.3) is 0 Å². The molecule has 1 N–H and O–H groups in total. The van der Waals surface area contributed by atoms with E-state index in [-0.39, 0.29) is 5.91 Å². The van der Waals surface area contributed by atoms with Crippen molar-refractivity contribution in [1.82, 2.24) is 0 Å². The number of carboxylic acid groups (broad SMARTS) is 1. The summed E-state index contributed by atoms with van der Waals surface area (Å²) in [5.41, 5.74) is 1.58. The highest BCUT2D eigenvalue weighted by Gasteiger charge is 2.26. The van der Waals surface area contributed by atoms with Crippen LogP contribution >= 0.6 is 67.8 Å². The Morgan fingerprint density at radius 1 is 1.30 bits per heavy atom. The molecule has 0 aromatic heterocycles. The second-order valence-electron chi connectivity index (χ2n) is 4.24. The molecule has 4 nitrogen and oxygen atoms in total. The topological polar surface area (TPSA) is 57.6 Å². The highest BCUT2D eigenvalue weighted by atomic mass is 127. The normalized spacial score (nSPS) is 12.1. The number of benzene rings is 1. The van der Waals surface area contributed by atoms with Gasteiger partial charge < -0.3 is 10.0 Å². The largest absolute Gasteiger partial charge is 0.481 e. The van der Waals surface area contributed by atoms with Crippen molar-refractivity contribution >= 4 is 85.3 Å². The van der Waals surface area contributed by atoms with E-state index in [1.54, 1.807) is 11.8 Å². The van der Waals surface area contributed by atoms with Gasteiger partial charge in [-0.2, -0.15) is 0 Å². The van der Waals surface area contributed by atoms with Crippen molar-refractivity contribution in [2.24, 2.45) is 0 Å². The van der Waals surface area contributed by atoms with E-state index in [0.29, 0.717) is 6.54 Å². The summed E-state index contributed by atoms with van der Waals surface area (Å²) in [7, 11) is 0. The Morgan fingerprint density at radius 3 is 2.25 bits per heavy atom. The number of halogens is 3. The first kappa shape index (κ1) is 18.4. The maximum absolute atomic E-state index is 11.8. The Balaban J connectivity index is 3.59. The fraction of sp³-hybridized carbons (Fsp3) is 0.385. The van der Waals surface area contributed by atoms with Gasteiger partial charge in [-0.15, -0.1) is 0 Å². The lowest BCUT2D eigenvalue weighted by Gasteiger charge is -2.25. The molecule has 0 saturated heterocycles. The van der Waals surface area contributed by atoms with Crippen LogP contribution in [0.3, 0.4) is 0 Å². The van der Waals surface area contributed by atoms with Crippen LogP contribution < -0.4 is 4.90 Å². The van der Waals surface area contributed by atoms with Crippen LogP contribution in [0.5, 0.6) is 0 Å². The molecule has 0 aliphatic heterocycles. The second-order valence-corrected chi connectivity index (χ2v) is 7.64. The third-order valence-electron chi connectivity index (χ3n) is 2.95. The van der Waals surface area contributed by atoms with Crippen LogP contribution in [-0.2, 0) is 9.59 Å². The quantitative estimate of drug-likeness (QED) is 0.522. The number of nitrogens with zero attached hydrogens (tertiary/aromatic N) is 1. The first-order chi connectivity index (χ1) is 9.22. The van der Waals surface area contributed by atoms with Crippen molar-refractivity contribution < 1.29 is 14.7 Å². The summed E-state index contributed by atoms with van der Waals surface area (Å²) >= 11 is 6.49. The van der Waals surface area contributed by atoms with Gasteiger partial charge in [0.1, 0.15) is 0 Å². The highest BCUT2D eigenvalue weighted by molar-refractivity contribution is 14.1. The highest BCUT2D eigenvalue weighted by Crippen LogP contribution is 2.37. The third-order valence-corrected chi connectivity index (χ3v) is 5.76. The van der Waals surface area contributed by atoms with Gasteiger partial charge in [0.05, 0.1) is 11.6 Å². The minimum atomic E-state index is -0.862. The van der Waals surface area contributed by atoms with Crippen molar-refractivity contribution in [2.75, 3.05) is 11.4 Å². The van der Waals surface area contributed by atoms with E-state index >= 15 is 0 Å². The maximum atomic E-state index is 11.8. The van der Waals surface area contributed by atoms with Crippen LogP contribution in [-0.4, -0.2) is 23.5 Å². The number of anilines is 1. The Morgan fingerprint density at radius 2 is 1.85 bits per heavy atom. The molecule has 1 aromatic carbocycles. The summed E-state index contributed by atoms with van der Waals surface area (Å²) in [4.78, 5) is 24.7. The smallest absolute Gasteiger partial charge is 0.310 e. The van der Waals surface area contributed by atoms with Gasteiger partial charge >= 0.3 is 5.97 Å². The van der Waals surface area contributed by atoms with E-state index in [1.807, 2.05) is 13.0 Å². The van der Waals surface area contributed by atoms with Crippen LogP contribution in [0.2, 0.25) is 0 Å². The molecular weight excluding hydrogens is 599 g/mol. The fourth-order valence-electron chi connectivity index (χ4n) is 1.90. The molecule has 0 aliphatic rings. The number of hydrogen-bond acceptors (Lipinski definition) is 2. The molecule has 1 unspecified atom stereocenters. The molecule has 0 spiro atoms. The summed E-state index contributed by atoms with van der Waals surface area (Å²) in [5.74, 6) is -1.51. The third kappa shape index (κ3) is 3.76. The number of hydrogen-bond donors (Lipinski definition) is 1. The molecule has 1 amide bonds. The second kappa shape index (κ2) is 7.56. The van der Waals surface area contributed by atoms with Crippen molar-refractivity contribution in [3.63, 3.8) is 0 Å². The van der Waals surface area contributed by atoms with E-state index in [4.69, 9.17) is 0 Å². The molecule has 0 saturated carbocycles. The van der Waals surface area contributed by atoms with E-state index < -0.39 is 11.9 Å². The van der Waals surface area contributed by atoms with Gasteiger partial charge in [0.15, 0.2) is 0 Å². The zero-order valence-corrected chi connectivity index (χ0v) is 17.7. The molecule has 1 aromatic rings. The van der Waals surface area contributed by atoms with Crippen LogP contribution in [0.15, 0.2) is 6.07 Å². The first-order valence-electron chi connectivity index (χ1n) is 5.90. The van der Waals surface area contributed by atoms with Gasteiger partial charge in [0.2, 0.25) is 5.91 Å². The lowest BCUT2D eigenvalue weighted by Crippen LogP contribution is -2.30. The zero-order chi connectivity index (χ0) is 15.6. The number of aliphatic carboxylic acids is 1. The molecule has 0 bridgehead atoms. The predicted molar refractivity (Wildman–Crippen MR) is 104 cm³/mol. The SMILES string of the molecule is CCN(C(C)=O)c1c(I)cc(I)c(C(C)C(=O)O)c1I. The van der Waals surface area contributed by atoms with Gasteiger partial charge in [-0.05, 0) is 93.2 Å². The molecule has 1 atom stereocenters. The van der Waals surface area contributed by atoms with Gasteiger partial charge in [0.25, 0.3) is 0 Å². The molecule has 1 rings (SSSR count). The molecule has 110 valence electrons. The Kier molecular flexibility index (Phi) is 6.96. The maximum Gasteiger partial charge on any atom is 0.310 e. The van der Waals surface area contributed by atoms with Gasteiger partial charge in [-0.1, -0.05) is 0 Å². The molecule has 0 aliphatic carbocycles. The van der Waals surface area contributed by atoms with E-state index in [0.717, 1.165) is 22.0 Å². The van der Waals surface area contributed by atoms with E-state index in [2.05, 4.69) is 67.8 Å². The van der Waals surface area contributed by atoms with Crippen LogP contribution in [0, 0.1) is 10.7 Å². The van der Waals surface area contributed by atoms with Crippen molar-refractivity contribution in [2.45, 2.75) is 26.7 Å². The average Bonchev–Trinajstić information content (AvgIpc) is 2.33. The summed E-state index contributed by atoms with van der Waals surface area (Å²) in [5, 5.41) is 9.26. The summed E-state index contributed by atoms with van der Waals surface area (Å²) < 4.78 is 2.70. The standard InChI is InChI=1S/C13H14I3NO3/c1-4-17(7(3)18)12-9(15)5-8(14)10(11(12)16)6(2)13(19)20/h5-6H,4H2,1-3H3,(H,19,20). The van der Waals surface area contributed by atoms with Gasteiger partial charge in [-0.3, -0.25) is 9.59 Å². The molecule has 20 heavy (non-hydrogen) atoms. The number of rotatable bonds is 4.